The summed E-state index contributed by atoms with van der Waals surface area (Å²) in [6.45, 7) is 0.0906. The highest BCUT2D eigenvalue weighted by molar-refractivity contribution is 9.10. The average molecular weight is 390 g/mol. The number of furan rings is 1. The molecule has 0 saturated heterocycles. The van der Waals surface area contributed by atoms with Gasteiger partial charge in [-0.3, -0.25) is 0 Å². The summed E-state index contributed by atoms with van der Waals surface area (Å²) in [5, 5.41) is 4.32. The molecule has 0 aliphatic rings. The van der Waals surface area contributed by atoms with Crippen molar-refractivity contribution in [1.82, 2.24) is 4.37 Å². The quantitative estimate of drug-likeness (QED) is 0.663. The Labute approximate surface area is 137 Å². The third kappa shape index (κ3) is 3.13. The summed E-state index contributed by atoms with van der Waals surface area (Å²) in [6, 6.07) is 3.31. The molecule has 4 nitrogen and oxygen atoms in total. The molecule has 0 aliphatic carbocycles. The fourth-order valence-electron chi connectivity index (χ4n) is 1.93. The second kappa shape index (κ2) is 6.43. The maximum atomic E-state index is 12.6. The van der Waals surface area contributed by atoms with E-state index < -0.39 is 12.7 Å². The summed E-state index contributed by atoms with van der Waals surface area (Å²) in [5.74, 6) is 0.867. The van der Waals surface area contributed by atoms with Gasteiger partial charge in [0.15, 0.2) is 0 Å². The number of rotatable bonds is 6. The van der Waals surface area contributed by atoms with Crippen LogP contribution in [-0.4, -0.2) is 17.1 Å². The molecule has 3 N–H and O–H groups in total. The van der Waals surface area contributed by atoms with Crippen molar-refractivity contribution in [3.8, 4) is 0 Å². The Balaban J connectivity index is 1.82. The second-order valence-corrected chi connectivity index (χ2v) is 7.25. The van der Waals surface area contributed by atoms with Crippen LogP contribution >= 0.6 is 38.8 Å². The minimum atomic E-state index is -0.520. The summed E-state index contributed by atoms with van der Waals surface area (Å²) in [5.41, 5.74) is 6.60. The lowest BCUT2D eigenvalue weighted by molar-refractivity contribution is 0.428. The van der Waals surface area contributed by atoms with Crippen molar-refractivity contribution in [2.75, 3.05) is 12.0 Å². The van der Waals surface area contributed by atoms with Gasteiger partial charge in [-0.25, -0.2) is 4.39 Å². The van der Waals surface area contributed by atoms with Crippen molar-refractivity contribution >= 4 is 54.0 Å². The lowest BCUT2D eigenvalue weighted by Gasteiger charge is -2.04. The van der Waals surface area contributed by atoms with E-state index in [1.165, 1.54) is 11.5 Å². The molecule has 0 spiro atoms. The van der Waals surface area contributed by atoms with E-state index in [1.54, 1.807) is 17.6 Å². The van der Waals surface area contributed by atoms with Gasteiger partial charge in [-0.15, -0.1) is 11.3 Å². The summed E-state index contributed by atoms with van der Waals surface area (Å²) in [4.78, 5) is 1.03. The topological polar surface area (TPSA) is 64.1 Å². The molecular formula is C13H13BrFN3OS2. The Morgan fingerprint density at radius 3 is 3.10 bits per heavy atom. The van der Waals surface area contributed by atoms with Crippen LogP contribution in [0, 0.1) is 0 Å². The number of nitrogens with zero attached hydrogens (tertiary/aromatic N) is 1. The predicted octanol–water partition coefficient (Wildman–Crippen LogP) is 4.16. The number of nitrogens with two attached hydrogens (primary N) is 1. The Hall–Kier alpha value is -0.960. The van der Waals surface area contributed by atoms with E-state index >= 15 is 0 Å². The van der Waals surface area contributed by atoms with E-state index in [-0.39, 0.29) is 0 Å². The lowest BCUT2D eigenvalue weighted by atomic mass is 10.2. The maximum absolute atomic E-state index is 12.6. The largest absolute Gasteiger partial charge is 0.467 e. The summed E-state index contributed by atoms with van der Waals surface area (Å²) < 4.78 is 24.3. The van der Waals surface area contributed by atoms with Crippen molar-refractivity contribution in [2.24, 2.45) is 5.73 Å². The monoisotopic (exact) mass is 389 g/mol. The molecule has 3 aromatic heterocycles. The summed E-state index contributed by atoms with van der Waals surface area (Å²) >= 11 is 6.55. The number of alkyl halides is 1. The normalized spacial score (nSPS) is 12.9. The Morgan fingerprint density at radius 1 is 1.52 bits per heavy atom. The van der Waals surface area contributed by atoms with Gasteiger partial charge in [-0.1, -0.05) is 0 Å². The van der Waals surface area contributed by atoms with Crippen LogP contribution in [0.4, 0.5) is 9.39 Å². The molecule has 0 amide bonds. The highest BCUT2D eigenvalue weighted by atomic mass is 79.9. The van der Waals surface area contributed by atoms with Gasteiger partial charge in [0.2, 0.25) is 0 Å². The molecule has 3 rings (SSSR count). The predicted molar refractivity (Wildman–Crippen MR) is 88.9 cm³/mol. The second-order valence-electron chi connectivity index (χ2n) is 4.58. The molecule has 1 atom stereocenters. The highest BCUT2D eigenvalue weighted by Gasteiger charge is 2.18. The number of thiophene rings is 1. The number of hydrogen-bond acceptors (Lipinski definition) is 6. The van der Waals surface area contributed by atoms with Gasteiger partial charge in [0.1, 0.15) is 23.0 Å². The first-order valence-corrected chi connectivity index (χ1v) is 8.71. The van der Waals surface area contributed by atoms with Gasteiger partial charge in [-0.05, 0) is 39.6 Å². The first-order chi connectivity index (χ1) is 10.2. The third-order valence-corrected chi connectivity index (χ3v) is 6.25. The van der Waals surface area contributed by atoms with Crippen LogP contribution in [0.1, 0.15) is 10.6 Å². The van der Waals surface area contributed by atoms with E-state index in [0.717, 1.165) is 30.3 Å². The van der Waals surface area contributed by atoms with Crippen molar-refractivity contribution in [3.63, 3.8) is 0 Å². The molecule has 0 aromatic carbocycles. The molecule has 112 valence electrons. The van der Waals surface area contributed by atoms with Crippen molar-refractivity contribution in [1.29, 1.82) is 0 Å². The summed E-state index contributed by atoms with van der Waals surface area (Å²) in [6.07, 6.45) is 2.16. The average Bonchev–Trinajstić information content (AvgIpc) is 3.17. The molecule has 0 aliphatic heterocycles. The van der Waals surface area contributed by atoms with Crippen molar-refractivity contribution in [2.45, 2.75) is 19.0 Å². The standard InChI is InChI=1S/C13H13BrFN3OS2/c14-10-9(4-7(16)5-15)20-12-11(10)18-21-13(12)17-6-8-2-1-3-19-8/h1-3,7,17H,4-6,16H2/t7-/m1/s1. The zero-order valence-corrected chi connectivity index (χ0v) is 14.2. The number of nitrogens with one attached hydrogen (secondary N) is 1. The van der Waals surface area contributed by atoms with Crippen LogP contribution in [0.5, 0.6) is 0 Å². The Bertz CT molecular complexity index is 725. The summed E-state index contributed by atoms with van der Waals surface area (Å²) in [7, 11) is 0. The van der Waals surface area contributed by atoms with E-state index in [4.69, 9.17) is 10.2 Å². The molecule has 0 bridgehead atoms. The van der Waals surface area contributed by atoms with Crippen LogP contribution in [0.25, 0.3) is 10.2 Å². The van der Waals surface area contributed by atoms with Crippen LogP contribution < -0.4 is 11.1 Å². The lowest BCUT2D eigenvalue weighted by Crippen LogP contribution is -2.24. The third-order valence-electron chi connectivity index (χ3n) is 2.98. The zero-order valence-electron chi connectivity index (χ0n) is 10.9. The van der Waals surface area contributed by atoms with Gasteiger partial charge in [0.25, 0.3) is 0 Å². The SMILES string of the molecule is N[C@@H](CF)Cc1sc2c(NCc3ccco3)snc2c1Br. The zero-order chi connectivity index (χ0) is 14.8. The van der Waals surface area contributed by atoms with E-state index in [2.05, 4.69) is 25.6 Å². The van der Waals surface area contributed by atoms with Gasteiger partial charge < -0.3 is 15.5 Å². The van der Waals surface area contributed by atoms with Crippen molar-refractivity contribution in [3.05, 3.63) is 33.5 Å². The molecular weight excluding hydrogens is 377 g/mol. The molecule has 0 unspecified atom stereocenters. The first kappa shape index (κ1) is 15.0. The van der Waals surface area contributed by atoms with E-state index in [1.807, 2.05) is 12.1 Å². The van der Waals surface area contributed by atoms with Crippen LogP contribution in [0.3, 0.4) is 0 Å². The van der Waals surface area contributed by atoms with Gasteiger partial charge >= 0.3 is 0 Å². The minimum Gasteiger partial charge on any atom is -0.467 e. The smallest absolute Gasteiger partial charge is 0.127 e. The van der Waals surface area contributed by atoms with Gasteiger partial charge in [0, 0.05) is 17.3 Å². The van der Waals surface area contributed by atoms with Crippen LogP contribution in [0.2, 0.25) is 0 Å². The Kier molecular flexibility index (Phi) is 4.58. The molecule has 3 aromatic rings. The van der Waals surface area contributed by atoms with Crippen LogP contribution in [0.15, 0.2) is 27.3 Å². The highest BCUT2D eigenvalue weighted by Crippen LogP contribution is 2.42. The Morgan fingerprint density at radius 2 is 2.38 bits per heavy atom. The van der Waals surface area contributed by atoms with Crippen molar-refractivity contribution < 1.29 is 8.81 Å². The van der Waals surface area contributed by atoms with E-state index in [9.17, 15) is 4.39 Å². The fraction of sp³-hybridized carbons (Fsp3) is 0.308. The van der Waals surface area contributed by atoms with Gasteiger partial charge in [-0.2, -0.15) is 4.37 Å². The molecule has 3 heterocycles. The minimum absolute atomic E-state index is 0.466. The molecule has 21 heavy (non-hydrogen) atoms. The number of aromatic nitrogens is 1. The number of anilines is 1. The number of fused-ring (bicyclic) bond motifs is 1. The molecule has 8 heteroatoms. The maximum Gasteiger partial charge on any atom is 0.127 e. The molecule has 0 radical (unpaired) electrons. The first-order valence-electron chi connectivity index (χ1n) is 6.33. The van der Waals surface area contributed by atoms with Crippen LogP contribution in [-0.2, 0) is 13.0 Å². The molecule has 0 saturated carbocycles. The number of halogens is 2. The molecule has 0 fully saturated rings. The fourth-order valence-corrected chi connectivity index (χ4v) is 4.99. The number of hydrogen-bond donors (Lipinski definition) is 2. The van der Waals surface area contributed by atoms with Gasteiger partial charge in [0.05, 0.1) is 22.0 Å². The van der Waals surface area contributed by atoms with E-state index in [0.29, 0.717) is 13.0 Å².